The number of hydrogen-bond donors (Lipinski definition) is 0. The van der Waals surface area contributed by atoms with Crippen molar-refractivity contribution in [2.24, 2.45) is 0 Å². The topological polar surface area (TPSA) is 54.7 Å². The summed E-state index contributed by atoms with van der Waals surface area (Å²) in [7, 11) is 0. The van der Waals surface area contributed by atoms with Crippen LogP contribution < -0.4 is 0 Å². The number of rotatable bonds is 2. The molecule has 1 aliphatic rings. The maximum absolute atomic E-state index is 12.2. The summed E-state index contributed by atoms with van der Waals surface area (Å²) in [6, 6.07) is 1.74. The third-order valence-corrected chi connectivity index (χ3v) is 4.23. The maximum atomic E-state index is 12.2. The highest BCUT2D eigenvalue weighted by atomic mass is 79.9. The van der Waals surface area contributed by atoms with E-state index in [4.69, 9.17) is 11.6 Å². The Morgan fingerprint density at radius 1 is 1.29 bits per heavy atom. The second kappa shape index (κ2) is 7.15. The minimum absolute atomic E-state index is 0.0970. The molecule has 1 aliphatic heterocycles. The number of hydrogen-bond acceptors (Lipinski definition) is 3. The zero-order valence-electron chi connectivity index (χ0n) is 13.1. The number of aromatic nitrogens is 2. The molecule has 0 spiro atoms. The average molecular weight is 409 g/mol. The molecule has 0 N–H and O–H groups in total. The van der Waals surface area contributed by atoms with Crippen molar-refractivity contribution in [3.8, 4) is 0 Å². The van der Waals surface area contributed by atoms with Crippen LogP contribution in [0.25, 0.3) is 5.65 Å². The lowest BCUT2D eigenvalue weighted by atomic mass is 10.1. The number of halogens is 2. The van der Waals surface area contributed by atoms with Gasteiger partial charge in [-0.05, 0) is 28.9 Å². The van der Waals surface area contributed by atoms with Crippen molar-refractivity contribution < 1.29 is 9.59 Å². The molecule has 7 heteroatoms. The predicted molar refractivity (Wildman–Crippen MR) is 97.6 cm³/mol. The fourth-order valence-corrected chi connectivity index (χ4v) is 3.29. The van der Waals surface area contributed by atoms with E-state index in [9.17, 15) is 9.59 Å². The lowest BCUT2D eigenvalue weighted by Crippen LogP contribution is -2.29. The summed E-state index contributed by atoms with van der Waals surface area (Å²) in [5.74, 6) is -0.723. The van der Waals surface area contributed by atoms with Gasteiger partial charge in [-0.15, -0.1) is 13.2 Å². The Morgan fingerprint density at radius 3 is 2.54 bits per heavy atom. The second-order valence-corrected chi connectivity index (χ2v) is 6.14. The number of pyridine rings is 1. The minimum Gasteiger partial charge on any atom is -0.304 e. The Morgan fingerprint density at radius 2 is 1.96 bits per heavy atom. The van der Waals surface area contributed by atoms with Crippen molar-refractivity contribution in [2.45, 2.75) is 13.5 Å². The Hall–Kier alpha value is -2.18. The van der Waals surface area contributed by atoms with Gasteiger partial charge in [0.1, 0.15) is 0 Å². The summed E-state index contributed by atoms with van der Waals surface area (Å²) in [6.45, 7) is 11.5. The lowest BCUT2D eigenvalue weighted by Gasteiger charge is -2.10. The van der Waals surface area contributed by atoms with Crippen LogP contribution in [0.15, 0.2) is 59.9 Å². The molecule has 1 saturated heterocycles. The van der Waals surface area contributed by atoms with E-state index in [0.29, 0.717) is 21.9 Å². The van der Waals surface area contributed by atoms with E-state index in [0.717, 1.165) is 9.37 Å². The van der Waals surface area contributed by atoms with Crippen LogP contribution in [-0.4, -0.2) is 26.1 Å². The smallest absolute Gasteiger partial charge is 0.261 e. The average Bonchev–Trinajstić information content (AvgIpc) is 3.04. The molecule has 0 radical (unpaired) electrons. The molecule has 0 bridgehead atoms. The molecule has 2 aromatic rings. The molecule has 24 heavy (non-hydrogen) atoms. The van der Waals surface area contributed by atoms with Crippen LogP contribution in [0.2, 0.25) is 5.02 Å². The third kappa shape index (κ3) is 3.07. The Bertz CT molecular complexity index is 885. The first-order chi connectivity index (χ1) is 11.4. The van der Waals surface area contributed by atoms with E-state index in [1.807, 2.05) is 0 Å². The normalized spacial score (nSPS) is 16.0. The van der Waals surface area contributed by atoms with Crippen molar-refractivity contribution in [3.63, 3.8) is 0 Å². The van der Waals surface area contributed by atoms with E-state index in [-0.39, 0.29) is 23.9 Å². The molecule has 3 heterocycles. The highest BCUT2D eigenvalue weighted by Gasteiger charge is 2.37. The molecule has 2 aromatic heterocycles. The number of fused-ring (bicyclic) bond motifs is 1. The Kier molecular flexibility index (Phi) is 5.41. The number of imidazole rings is 1. The van der Waals surface area contributed by atoms with Crippen LogP contribution in [-0.2, 0) is 16.1 Å². The predicted octanol–water partition coefficient (Wildman–Crippen LogP) is 3.92. The molecule has 0 unspecified atom stereocenters. The second-order valence-electron chi connectivity index (χ2n) is 4.85. The molecular weight excluding hydrogens is 394 g/mol. The van der Waals surface area contributed by atoms with Gasteiger partial charge < -0.3 is 4.40 Å². The van der Waals surface area contributed by atoms with Crippen LogP contribution in [0.5, 0.6) is 0 Å². The quantitative estimate of drug-likeness (QED) is 0.430. The molecule has 0 aromatic carbocycles. The molecule has 2 amide bonds. The van der Waals surface area contributed by atoms with Gasteiger partial charge in [0.25, 0.3) is 11.8 Å². The summed E-state index contributed by atoms with van der Waals surface area (Å²) in [6.07, 6.45) is 5.05. The fourth-order valence-electron chi connectivity index (χ4n) is 2.40. The number of carbonyl (C=O) groups excluding carboxylic acids is 2. The maximum Gasteiger partial charge on any atom is 0.261 e. The largest absolute Gasteiger partial charge is 0.304 e. The summed E-state index contributed by atoms with van der Waals surface area (Å²) in [5.41, 5.74) is 1.83. The van der Waals surface area contributed by atoms with Crippen LogP contribution in [0.1, 0.15) is 12.6 Å². The standard InChI is InChI=1S/C15H11BrClN3O2.C2H4/c1-3-11-8(2)14(21)20(15(11)22)7-10-6-19-5-9(17)4-12(16)13(19)18-10;1-2/h3-6H,2,7H2,1H3;1-2H2/b11-3+;. The van der Waals surface area contributed by atoms with Gasteiger partial charge >= 0.3 is 0 Å². The first kappa shape index (κ1) is 18.2. The van der Waals surface area contributed by atoms with Gasteiger partial charge in [0.05, 0.1) is 21.7 Å². The van der Waals surface area contributed by atoms with Crippen LogP contribution in [0.4, 0.5) is 0 Å². The molecule has 0 aliphatic carbocycles. The zero-order valence-corrected chi connectivity index (χ0v) is 15.4. The van der Waals surface area contributed by atoms with Crippen LogP contribution in [0, 0.1) is 0 Å². The van der Waals surface area contributed by atoms with Crippen LogP contribution in [0.3, 0.4) is 0 Å². The van der Waals surface area contributed by atoms with Crippen molar-refractivity contribution in [2.75, 3.05) is 0 Å². The van der Waals surface area contributed by atoms with Gasteiger partial charge in [-0.3, -0.25) is 14.5 Å². The molecule has 0 atom stereocenters. The summed E-state index contributed by atoms with van der Waals surface area (Å²) in [4.78, 5) is 29.9. The number of amides is 2. The van der Waals surface area contributed by atoms with Crippen molar-refractivity contribution in [1.82, 2.24) is 14.3 Å². The Balaban J connectivity index is 0.00000100. The fraction of sp³-hybridized carbons (Fsp3) is 0.118. The van der Waals surface area contributed by atoms with Gasteiger partial charge in [0, 0.05) is 23.5 Å². The van der Waals surface area contributed by atoms with Crippen LogP contribution >= 0.6 is 27.5 Å². The summed E-state index contributed by atoms with van der Waals surface area (Å²) >= 11 is 9.38. The lowest BCUT2D eigenvalue weighted by molar-refractivity contribution is -0.137. The van der Waals surface area contributed by atoms with E-state index in [1.165, 1.54) is 0 Å². The van der Waals surface area contributed by atoms with E-state index >= 15 is 0 Å². The van der Waals surface area contributed by atoms with Gasteiger partial charge in [-0.1, -0.05) is 24.3 Å². The highest BCUT2D eigenvalue weighted by molar-refractivity contribution is 9.10. The molecule has 0 saturated carbocycles. The number of allylic oxidation sites excluding steroid dienone is 1. The van der Waals surface area contributed by atoms with Gasteiger partial charge in [-0.25, -0.2) is 4.98 Å². The van der Waals surface area contributed by atoms with E-state index in [1.54, 1.807) is 35.9 Å². The summed E-state index contributed by atoms with van der Waals surface area (Å²) in [5, 5.41) is 0.557. The minimum atomic E-state index is -0.382. The highest BCUT2D eigenvalue weighted by Crippen LogP contribution is 2.26. The van der Waals surface area contributed by atoms with Gasteiger partial charge in [0.2, 0.25) is 0 Å². The van der Waals surface area contributed by atoms with Crippen molar-refractivity contribution in [3.05, 3.63) is 70.6 Å². The molecule has 1 fully saturated rings. The number of imide groups is 1. The van der Waals surface area contributed by atoms with Gasteiger partial charge in [0.15, 0.2) is 5.65 Å². The number of carbonyl (C=O) groups is 2. The Labute approximate surface area is 153 Å². The van der Waals surface area contributed by atoms with Crippen molar-refractivity contribution >= 4 is 45.0 Å². The number of nitrogens with zero attached hydrogens (tertiary/aromatic N) is 3. The number of likely N-dealkylation sites (tertiary alicyclic amines) is 1. The summed E-state index contributed by atoms with van der Waals surface area (Å²) < 4.78 is 2.49. The zero-order chi connectivity index (χ0) is 18.0. The van der Waals surface area contributed by atoms with Gasteiger partial charge in [-0.2, -0.15) is 0 Å². The molecule has 5 nitrogen and oxygen atoms in total. The monoisotopic (exact) mass is 407 g/mol. The van der Waals surface area contributed by atoms with Crippen molar-refractivity contribution in [1.29, 1.82) is 0 Å². The molecular formula is C17H15BrClN3O2. The van der Waals surface area contributed by atoms with E-state index < -0.39 is 0 Å². The first-order valence-electron chi connectivity index (χ1n) is 6.96. The molecule has 3 rings (SSSR count). The SMILES string of the molecule is C=C.C=C1C(=O)N(Cc2cn3cc(Cl)cc(Br)c3n2)C(=O)/C1=C/C. The van der Waals surface area contributed by atoms with E-state index in [2.05, 4.69) is 40.7 Å². The third-order valence-electron chi connectivity index (χ3n) is 3.44. The first-order valence-corrected chi connectivity index (χ1v) is 8.14. The molecule has 124 valence electrons.